The van der Waals surface area contributed by atoms with Gasteiger partial charge in [-0.1, -0.05) is 11.6 Å². The summed E-state index contributed by atoms with van der Waals surface area (Å²) in [4.78, 5) is 17.2. The van der Waals surface area contributed by atoms with E-state index in [9.17, 15) is 9.18 Å². The topological polar surface area (TPSA) is 51.2 Å². The van der Waals surface area contributed by atoms with Gasteiger partial charge in [0.25, 0.3) is 0 Å². The molecule has 0 radical (unpaired) electrons. The molecule has 1 aromatic carbocycles. The molecule has 26 heavy (non-hydrogen) atoms. The molecule has 3 rings (SSSR count). The summed E-state index contributed by atoms with van der Waals surface area (Å²) < 4.78 is 19.2. The summed E-state index contributed by atoms with van der Waals surface area (Å²) in [6.45, 7) is 0.381. The first-order chi connectivity index (χ1) is 12.6. The Bertz CT molecular complexity index is 883. The van der Waals surface area contributed by atoms with Crippen LogP contribution in [0, 0.1) is 5.82 Å². The standard InChI is InChI=1S/C19H16ClFN2O2S/c20-17-7-5-16(26-17)6-8-18(24)23-12-13-9-10-22-19(11-13)25-15-3-1-14(21)2-4-15/h1-5,7,9-11H,6,8,12H2,(H,23,24). The number of hydrogen-bond acceptors (Lipinski definition) is 4. The summed E-state index contributed by atoms with van der Waals surface area (Å²) in [5.74, 6) is 0.519. The second kappa shape index (κ2) is 8.78. The number of rotatable bonds is 7. The van der Waals surface area contributed by atoms with Gasteiger partial charge < -0.3 is 10.1 Å². The van der Waals surface area contributed by atoms with E-state index in [4.69, 9.17) is 16.3 Å². The minimum Gasteiger partial charge on any atom is -0.439 e. The van der Waals surface area contributed by atoms with Crippen molar-refractivity contribution in [2.24, 2.45) is 0 Å². The van der Waals surface area contributed by atoms with Crippen molar-refractivity contribution in [2.75, 3.05) is 0 Å². The zero-order valence-electron chi connectivity index (χ0n) is 13.7. The number of hydrogen-bond donors (Lipinski definition) is 1. The third kappa shape index (κ3) is 5.54. The van der Waals surface area contributed by atoms with Crippen molar-refractivity contribution >= 4 is 28.8 Å². The Morgan fingerprint density at radius 1 is 1.19 bits per heavy atom. The molecule has 0 unspecified atom stereocenters. The van der Waals surface area contributed by atoms with E-state index in [0.717, 1.165) is 14.8 Å². The molecule has 3 aromatic rings. The third-order valence-electron chi connectivity index (χ3n) is 3.55. The number of halogens is 2. The minimum absolute atomic E-state index is 0.0349. The fourth-order valence-electron chi connectivity index (χ4n) is 2.25. The summed E-state index contributed by atoms with van der Waals surface area (Å²) in [7, 11) is 0. The van der Waals surface area contributed by atoms with Gasteiger partial charge in [0.15, 0.2) is 0 Å². The fourth-order valence-corrected chi connectivity index (χ4v) is 3.34. The monoisotopic (exact) mass is 390 g/mol. The van der Waals surface area contributed by atoms with Crippen molar-refractivity contribution in [3.8, 4) is 11.6 Å². The first kappa shape index (κ1) is 18.4. The molecule has 0 aliphatic heterocycles. The maximum atomic E-state index is 12.9. The van der Waals surface area contributed by atoms with Gasteiger partial charge in [0.05, 0.1) is 4.34 Å². The Hall–Kier alpha value is -2.44. The van der Waals surface area contributed by atoms with Crippen molar-refractivity contribution in [2.45, 2.75) is 19.4 Å². The highest BCUT2D eigenvalue weighted by molar-refractivity contribution is 7.16. The van der Waals surface area contributed by atoms with E-state index in [1.54, 1.807) is 18.3 Å². The normalized spacial score (nSPS) is 10.5. The smallest absolute Gasteiger partial charge is 0.220 e. The molecule has 0 aliphatic carbocycles. The van der Waals surface area contributed by atoms with Gasteiger partial charge in [0, 0.05) is 30.1 Å². The Morgan fingerprint density at radius 3 is 2.73 bits per heavy atom. The molecule has 0 spiro atoms. The average Bonchev–Trinajstić information content (AvgIpc) is 3.06. The van der Waals surface area contributed by atoms with Crippen molar-refractivity contribution in [3.05, 3.63) is 75.3 Å². The molecule has 0 bridgehead atoms. The summed E-state index contributed by atoms with van der Waals surface area (Å²) in [6, 6.07) is 13.0. The number of aromatic nitrogens is 1. The van der Waals surface area contributed by atoms with Crippen LogP contribution in [0.15, 0.2) is 54.7 Å². The number of carbonyl (C=O) groups excluding carboxylic acids is 1. The molecule has 0 saturated heterocycles. The van der Waals surface area contributed by atoms with Gasteiger partial charge in [-0.05, 0) is 54.4 Å². The molecule has 7 heteroatoms. The number of carbonyl (C=O) groups is 1. The molecule has 1 amide bonds. The lowest BCUT2D eigenvalue weighted by molar-refractivity contribution is -0.121. The van der Waals surface area contributed by atoms with E-state index in [0.29, 0.717) is 31.0 Å². The van der Waals surface area contributed by atoms with Crippen molar-refractivity contribution < 1.29 is 13.9 Å². The van der Waals surface area contributed by atoms with E-state index >= 15 is 0 Å². The van der Waals surface area contributed by atoms with Gasteiger partial charge >= 0.3 is 0 Å². The van der Waals surface area contributed by atoms with Gasteiger partial charge in [-0.25, -0.2) is 9.37 Å². The van der Waals surface area contributed by atoms with Gasteiger partial charge in [-0.3, -0.25) is 4.79 Å². The third-order valence-corrected chi connectivity index (χ3v) is 4.84. The molecule has 2 aromatic heterocycles. The summed E-state index contributed by atoms with van der Waals surface area (Å²) in [6.07, 6.45) is 2.67. The highest BCUT2D eigenvalue weighted by Crippen LogP contribution is 2.22. The number of nitrogens with zero attached hydrogens (tertiary/aromatic N) is 1. The lowest BCUT2D eigenvalue weighted by Gasteiger charge is -2.08. The maximum Gasteiger partial charge on any atom is 0.220 e. The van der Waals surface area contributed by atoms with Gasteiger partial charge in [-0.2, -0.15) is 0 Å². The molecule has 1 N–H and O–H groups in total. The van der Waals surface area contributed by atoms with Crippen LogP contribution in [0.2, 0.25) is 4.34 Å². The Labute approximate surface area is 159 Å². The zero-order chi connectivity index (χ0) is 18.4. The second-order valence-electron chi connectivity index (χ2n) is 5.54. The van der Waals surface area contributed by atoms with E-state index in [2.05, 4.69) is 10.3 Å². The number of ether oxygens (including phenoxy) is 1. The number of benzene rings is 1. The van der Waals surface area contributed by atoms with E-state index in [1.807, 2.05) is 12.1 Å². The summed E-state index contributed by atoms with van der Waals surface area (Å²) >= 11 is 7.36. The van der Waals surface area contributed by atoms with E-state index in [1.165, 1.54) is 35.6 Å². The Kier molecular flexibility index (Phi) is 6.20. The van der Waals surface area contributed by atoms with E-state index in [-0.39, 0.29) is 11.7 Å². The quantitative estimate of drug-likeness (QED) is 0.619. The maximum absolute atomic E-state index is 12.9. The molecule has 134 valence electrons. The molecule has 2 heterocycles. The largest absolute Gasteiger partial charge is 0.439 e. The highest BCUT2D eigenvalue weighted by atomic mass is 35.5. The van der Waals surface area contributed by atoms with Crippen LogP contribution in [-0.4, -0.2) is 10.9 Å². The molecule has 0 saturated carbocycles. The lowest BCUT2D eigenvalue weighted by atomic mass is 10.2. The van der Waals surface area contributed by atoms with Crippen LogP contribution in [-0.2, 0) is 17.8 Å². The van der Waals surface area contributed by atoms with Crippen LogP contribution in [0.3, 0.4) is 0 Å². The highest BCUT2D eigenvalue weighted by Gasteiger charge is 2.06. The average molecular weight is 391 g/mol. The van der Waals surface area contributed by atoms with Crippen molar-refractivity contribution in [1.29, 1.82) is 0 Å². The van der Waals surface area contributed by atoms with Crippen LogP contribution >= 0.6 is 22.9 Å². The first-order valence-corrected chi connectivity index (χ1v) is 9.17. The number of amides is 1. The van der Waals surface area contributed by atoms with Crippen LogP contribution in [0.4, 0.5) is 4.39 Å². The molecule has 0 fully saturated rings. The molecular formula is C19H16ClFN2O2S. The fraction of sp³-hybridized carbons (Fsp3) is 0.158. The van der Waals surface area contributed by atoms with Crippen LogP contribution in [0.1, 0.15) is 16.9 Å². The SMILES string of the molecule is O=C(CCc1ccc(Cl)s1)NCc1ccnc(Oc2ccc(F)cc2)c1. The molecule has 0 atom stereocenters. The van der Waals surface area contributed by atoms with Crippen LogP contribution in [0.25, 0.3) is 0 Å². The zero-order valence-corrected chi connectivity index (χ0v) is 15.3. The molecule has 0 aliphatic rings. The molecular weight excluding hydrogens is 375 g/mol. The predicted octanol–water partition coefficient (Wildman–Crippen LogP) is 4.98. The van der Waals surface area contributed by atoms with Crippen molar-refractivity contribution in [3.63, 3.8) is 0 Å². The van der Waals surface area contributed by atoms with Crippen LogP contribution < -0.4 is 10.1 Å². The number of thiophene rings is 1. The first-order valence-electron chi connectivity index (χ1n) is 7.98. The number of aryl methyl sites for hydroxylation is 1. The van der Waals surface area contributed by atoms with Gasteiger partial charge in [0.2, 0.25) is 11.8 Å². The van der Waals surface area contributed by atoms with Gasteiger partial charge in [-0.15, -0.1) is 11.3 Å². The van der Waals surface area contributed by atoms with Crippen LogP contribution in [0.5, 0.6) is 11.6 Å². The van der Waals surface area contributed by atoms with E-state index < -0.39 is 0 Å². The second-order valence-corrected chi connectivity index (χ2v) is 7.34. The lowest BCUT2D eigenvalue weighted by Crippen LogP contribution is -2.22. The Balaban J connectivity index is 1.50. The molecule has 4 nitrogen and oxygen atoms in total. The Morgan fingerprint density at radius 2 is 2.00 bits per heavy atom. The number of pyridine rings is 1. The summed E-state index contributed by atoms with van der Waals surface area (Å²) in [5, 5.41) is 2.87. The predicted molar refractivity (Wildman–Crippen MR) is 100 cm³/mol. The summed E-state index contributed by atoms with van der Waals surface area (Å²) in [5.41, 5.74) is 0.865. The van der Waals surface area contributed by atoms with Crippen molar-refractivity contribution in [1.82, 2.24) is 10.3 Å². The van der Waals surface area contributed by atoms with Gasteiger partial charge in [0.1, 0.15) is 11.6 Å². The number of nitrogens with one attached hydrogen (secondary N) is 1. The minimum atomic E-state index is -0.327.